The molecule has 2 aromatic rings. The maximum absolute atomic E-state index is 4.53. The fourth-order valence-electron chi connectivity index (χ4n) is 3.11. The molecular weight excluding hydrogens is 232 g/mol. The number of fused-ring (bicyclic) bond motifs is 1. The number of nitrogens with zero attached hydrogens (tertiary/aromatic N) is 1. The van der Waals surface area contributed by atoms with Crippen molar-refractivity contribution in [3.63, 3.8) is 0 Å². The number of para-hydroxylation sites is 1. The lowest BCUT2D eigenvalue weighted by atomic mass is 9.73. The van der Waals surface area contributed by atoms with Crippen LogP contribution in [0.3, 0.4) is 0 Å². The Morgan fingerprint density at radius 2 is 2.05 bits per heavy atom. The SMILES string of the molecule is CC1(C)CCCCC1Nc1cnc2ccccc2c1. The van der Waals surface area contributed by atoms with Crippen LogP contribution in [0.2, 0.25) is 0 Å². The van der Waals surface area contributed by atoms with Crippen LogP contribution in [0.15, 0.2) is 36.5 Å². The van der Waals surface area contributed by atoms with Crippen molar-refractivity contribution in [2.45, 2.75) is 45.6 Å². The maximum Gasteiger partial charge on any atom is 0.0703 e. The van der Waals surface area contributed by atoms with Crippen molar-refractivity contribution in [2.75, 3.05) is 5.32 Å². The molecule has 1 unspecified atom stereocenters. The summed E-state index contributed by atoms with van der Waals surface area (Å²) in [7, 11) is 0. The summed E-state index contributed by atoms with van der Waals surface area (Å²) in [6, 6.07) is 11.1. The first-order chi connectivity index (χ1) is 9.15. The minimum atomic E-state index is 0.379. The number of hydrogen-bond donors (Lipinski definition) is 1. The van der Waals surface area contributed by atoms with Gasteiger partial charge in [0.25, 0.3) is 0 Å². The highest BCUT2D eigenvalue weighted by molar-refractivity contribution is 5.81. The van der Waals surface area contributed by atoms with E-state index in [0.717, 1.165) is 11.2 Å². The van der Waals surface area contributed by atoms with Crippen LogP contribution in [0.25, 0.3) is 10.9 Å². The van der Waals surface area contributed by atoms with Crippen LogP contribution in [0.4, 0.5) is 5.69 Å². The molecule has 1 saturated carbocycles. The summed E-state index contributed by atoms with van der Waals surface area (Å²) in [5, 5.41) is 4.91. The van der Waals surface area contributed by atoms with E-state index >= 15 is 0 Å². The van der Waals surface area contributed by atoms with Crippen molar-refractivity contribution in [3.05, 3.63) is 36.5 Å². The Labute approximate surface area is 115 Å². The number of anilines is 1. The molecule has 1 N–H and O–H groups in total. The first kappa shape index (κ1) is 12.5. The van der Waals surface area contributed by atoms with Crippen molar-refractivity contribution >= 4 is 16.6 Å². The van der Waals surface area contributed by atoms with Gasteiger partial charge in [-0.25, -0.2) is 0 Å². The zero-order valence-electron chi connectivity index (χ0n) is 11.8. The van der Waals surface area contributed by atoms with Gasteiger partial charge in [0.15, 0.2) is 0 Å². The molecule has 1 aromatic carbocycles. The van der Waals surface area contributed by atoms with Gasteiger partial charge in [-0.15, -0.1) is 0 Å². The topological polar surface area (TPSA) is 24.9 Å². The van der Waals surface area contributed by atoms with E-state index in [1.54, 1.807) is 0 Å². The Morgan fingerprint density at radius 1 is 1.21 bits per heavy atom. The Balaban J connectivity index is 1.84. The van der Waals surface area contributed by atoms with Crippen LogP contribution in [0.1, 0.15) is 39.5 Å². The van der Waals surface area contributed by atoms with E-state index in [4.69, 9.17) is 0 Å². The van der Waals surface area contributed by atoms with E-state index in [2.05, 4.69) is 48.4 Å². The fourth-order valence-corrected chi connectivity index (χ4v) is 3.11. The minimum Gasteiger partial charge on any atom is -0.381 e. The predicted molar refractivity (Wildman–Crippen MR) is 81.4 cm³/mol. The van der Waals surface area contributed by atoms with Crippen LogP contribution in [0, 0.1) is 5.41 Å². The van der Waals surface area contributed by atoms with E-state index in [1.807, 2.05) is 12.3 Å². The van der Waals surface area contributed by atoms with E-state index in [1.165, 1.54) is 31.1 Å². The van der Waals surface area contributed by atoms with Gasteiger partial charge in [0.2, 0.25) is 0 Å². The Morgan fingerprint density at radius 3 is 2.89 bits per heavy atom. The van der Waals surface area contributed by atoms with E-state index in [0.29, 0.717) is 11.5 Å². The van der Waals surface area contributed by atoms with Gasteiger partial charge in [-0.05, 0) is 30.4 Å². The van der Waals surface area contributed by atoms with Crippen LogP contribution in [0.5, 0.6) is 0 Å². The van der Waals surface area contributed by atoms with Gasteiger partial charge in [0, 0.05) is 11.4 Å². The normalized spacial score (nSPS) is 22.3. The second-order valence-electron chi connectivity index (χ2n) is 6.35. The van der Waals surface area contributed by atoms with Crippen molar-refractivity contribution in [2.24, 2.45) is 5.41 Å². The fraction of sp³-hybridized carbons (Fsp3) is 0.471. The van der Waals surface area contributed by atoms with Crippen molar-refractivity contribution < 1.29 is 0 Å². The summed E-state index contributed by atoms with van der Waals surface area (Å²) in [6.07, 6.45) is 7.24. The molecule has 1 fully saturated rings. The first-order valence-corrected chi connectivity index (χ1v) is 7.26. The van der Waals surface area contributed by atoms with Crippen LogP contribution >= 0.6 is 0 Å². The Bertz CT molecular complexity index is 574. The number of hydrogen-bond acceptors (Lipinski definition) is 2. The zero-order valence-corrected chi connectivity index (χ0v) is 11.8. The van der Waals surface area contributed by atoms with Crippen LogP contribution in [-0.4, -0.2) is 11.0 Å². The third-order valence-corrected chi connectivity index (χ3v) is 4.44. The van der Waals surface area contributed by atoms with Crippen molar-refractivity contribution in [1.29, 1.82) is 0 Å². The molecule has 1 aromatic heterocycles. The number of aromatic nitrogens is 1. The average molecular weight is 254 g/mol. The molecule has 1 aliphatic rings. The average Bonchev–Trinajstić information content (AvgIpc) is 2.41. The molecule has 0 radical (unpaired) electrons. The molecule has 0 aliphatic heterocycles. The van der Waals surface area contributed by atoms with E-state index in [9.17, 15) is 0 Å². The third kappa shape index (κ3) is 2.58. The lowest BCUT2D eigenvalue weighted by Crippen LogP contribution is -2.38. The smallest absolute Gasteiger partial charge is 0.0703 e. The lowest BCUT2D eigenvalue weighted by molar-refractivity contribution is 0.217. The Kier molecular flexibility index (Phi) is 3.17. The highest BCUT2D eigenvalue weighted by atomic mass is 15.0. The summed E-state index contributed by atoms with van der Waals surface area (Å²) < 4.78 is 0. The number of benzene rings is 1. The summed E-state index contributed by atoms with van der Waals surface area (Å²) in [5.41, 5.74) is 2.60. The molecule has 1 atom stereocenters. The highest BCUT2D eigenvalue weighted by Crippen LogP contribution is 2.37. The van der Waals surface area contributed by atoms with E-state index in [-0.39, 0.29) is 0 Å². The van der Waals surface area contributed by atoms with E-state index < -0.39 is 0 Å². The lowest BCUT2D eigenvalue weighted by Gasteiger charge is -2.39. The third-order valence-electron chi connectivity index (χ3n) is 4.44. The van der Waals surface area contributed by atoms with Gasteiger partial charge in [-0.2, -0.15) is 0 Å². The molecule has 1 aliphatic carbocycles. The predicted octanol–water partition coefficient (Wildman–Crippen LogP) is 4.62. The monoisotopic (exact) mass is 254 g/mol. The maximum atomic E-state index is 4.53. The number of nitrogens with one attached hydrogen (secondary N) is 1. The summed E-state index contributed by atoms with van der Waals surface area (Å²) in [6.45, 7) is 4.75. The molecule has 0 saturated heterocycles. The van der Waals surface area contributed by atoms with Gasteiger partial charge in [0.1, 0.15) is 0 Å². The second-order valence-corrected chi connectivity index (χ2v) is 6.35. The highest BCUT2D eigenvalue weighted by Gasteiger charge is 2.31. The molecular formula is C17H22N2. The standard InChI is InChI=1S/C17H22N2/c1-17(2)10-6-5-9-16(17)19-14-11-13-7-3-4-8-15(13)18-12-14/h3-4,7-8,11-12,16,19H,5-6,9-10H2,1-2H3. The molecule has 2 nitrogen and oxygen atoms in total. The largest absolute Gasteiger partial charge is 0.381 e. The summed E-state index contributed by atoms with van der Waals surface area (Å²) in [5.74, 6) is 0. The molecule has 100 valence electrons. The zero-order chi connectivity index (χ0) is 13.3. The van der Waals surface area contributed by atoms with Crippen molar-refractivity contribution in [1.82, 2.24) is 4.98 Å². The van der Waals surface area contributed by atoms with Gasteiger partial charge in [-0.3, -0.25) is 4.98 Å². The first-order valence-electron chi connectivity index (χ1n) is 7.26. The van der Waals surface area contributed by atoms with Gasteiger partial charge in [-0.1, -0.05) is 44.9 Å². The number of pyridine rings is 1. The van der Waals surface area contributed by atoms with Gasteiger partial charge in [0.05, 0.1) is 17.4 Å². The van der Waals surface area contributed by atoms with Crippen molar-refractivity contribution in [3.8, 4) is 0 Å². The quantitative estimate of drug-likeness (QED) is 0.846. The Hall–Kier alpha value is -1.57. The second kappa shape index (κ2) is 4.84. The summed E-state index contributed by atoms with van der Waals surface area (Å²) >= 11 is 0. The molecule has 0 spiro atoms. The van der Waals surface area contributed by atoms with Crippen LogP contribution in [-0.2, 0) is 0 Å². The molecule has 3 rings (SSSR count). The van der Waals surface area contributed by atoms with Gasteiger partial charge < -0.3 is 5.32 Å². The molecule has 1 heterocycles. The molecule has 19 heavy (non-hydrogen) atoms. The summed E-state index contributed by atoms with van der Waals surface area (Å²) in [4.78, 5) is 4.53. The minimum absolute atomic E-state index is 0.379. The molecule has 0 bridgehead atoms. The van der Waals surface area contributed by atoms with Gasteiger partial charge >= 0.3 is 0 Å². The molecule has 2 heteroatoms. The number of rotatable bonds is 2. The van der Waals surface area contributed by atoms with Crippen LogP contribution < -0.4 is 5.32 Å². The molecule has 0 amide bonds.